The number of halogens is 1. The molecule has 1 heterocycles. The molecule has 1 aromatic carbocycles. The molecule has 1 aromatic heterocycles. The van der Waals surface area contributed by atoms with Gasteiger partial charge in [0.25, 0.3) is 5.91 Å². The summed E-state index contributed by atoms with van der Waals surface area (Å²) in [5.41, 5.74) is -0.786. The first kappa shape index (κ1) is 15.8. The van der Waals surface area contributed by atoms with Gasteiger partial charge in [0.2, 0.25) is 0 Å². The third-order valence-corrected chi connectivity index (χ3v) is 3.44. The first-order valence-electron chi connectivity index (χ1n) is 6.63. The molecule has 0 unspecified atom stereocenters. The maximum atomic E-state index is 13.8. The van der Waals surface area contributed by atoms with Gasteiger partial charge in [-0.1, -0.05) is 0 Å². The summed E-state index contributed by atoms with van der Waals surface area (Å²) in [5, 5.41) is 12.0. The minimum absolute atomic E-state index is 0.0455. The predicted octanol–water partition coefficient (Wildman–Crippen LogP) is 2.16. The van der Waals surface area contributed by atoms with Crippen molar-refractivity contribution in [1.82, 2.24) is 10.3 Å². The Labute approximate surface area is 126 Å². The maximum Gasteiger partial charge on any atom is 0.310 e. The smallest absolute Gasteiger partial charge is 0.310 e. The Hall–Kier alpha value is -2.57. The van der Waals surface area contributed by atoms with Crippen molar-refractivity contribution in [1.29, 1.82) is 0 Å². The number of hydrogen-bond acceptors (Lipinski definition) is 3. The number of carbonyl (C=O) groups excluding carboxylic acids is 1. The first-order chi connectivity index (χ1) is 10.3. The van der Waals surface area contributed by atoms with Crippen LogP contribution < -0.4 is 10.1 Å². The number of nitrogens with one attached hydrogen (secondary N) is 2. The quantitative estimate of drug-likeness (QED) is 0.789. The summed E-state index contributed by atoms with van der Waals surface area (Å²) in [6.07, 6.45) is 0. The van der Waals surface area contributed by atoms with E-state index >= 15 is 0 Å². The molecule has 0 aliphatic heterocycles. The zero-order valence-electron chi connectivity index (χ0n) is 12.5. The molecule has 2 rings (SSSR count). The van der Waals surface area contributed by atoms with Gasteiger partial charge in [0.15, 0.2) is 0 Å². The van der Waals surface area contributed by atoms with Gasteiger partial charge in [-0.15, -0.1) is 0 Å². The molecule has 0 fully saturated rings. The molecule has 3 N–H and O–H groups in total. The highest BCUT2D eigenvalue weighted by Gasteiger charge is 2.28. The first-order valence-corrected chi connectivity index (χ1v) is 6.63. The molecule has 6 nitrogen and oxygen atoms in total. The summed E-state index contributed by atoms with van der Waals surface area (Å²) in [4.78, 5) is 25.8. The van der Waals surface area contributed by atoms with E-state index in [1.54, 1.807) is 0 Å². The highest BCUT2D eigenvalue weighted by molar-refractivity contribution is 6.00. The number of rotatable bonds is 5. The number of carboxylic acid groups (broad SMARTS) is 1. The number of H-pyrrole nitrogens is 1. The molecule has 0 saturated heterocycles. The summed E-state index contributed by atoms with van der Waals surface area (Å²) in [6, 6.07) is 4.19. The Morgan fingerprint density at radius 3 is 2.68 bits per heavy atom. The number of fused-ring (bicyclic) bond motifs is 1. The Kier molecular flexibility index (Phi) is 4.07. The van der Waals surface area contributed by atoms with Crippen LogP contribution in [-0.2, 0) is 4.79 Å². The molecular weight excluding hydrogens is 291 g/mol. The van der Waals surface area contributed by atoms with Gasteiger partial charge in [-0.2, -0.15) is 0 Å². The monoisotopic (exact) mass is 308 g/mol. The standard InChI is InChI=1S/C15H17FN2O4/c1-15(2,14(20)21)7-17-13(19)10-6-8-11(22-3)5-4-9(16)12(8)18-10/h4-6,18H,7H2,1-3H3,(H,17,19)(H,20,21). The van der Waals surface area contributed by atoms with E-state index in [2.05, 4.69) is 10.3 Å². The minimum atomic E-state index is -1.09. The van der Waals surface area contributed by atoms with Crippen LogP contribution in [0, 0.1) is 11.2 Å². The van der Waals surface area contributed by atoms with E-state index in [4.69, 9.17) is 9.84 Å². The molecule has 118 valence electrons. The predicted molar refractivity (Wildman–Crippen MR) is 78.6 cm³/mol. The molecule has 0 bridgehead atoms. The fraction of sp³-hybridized carbons (Fsp3) is 0.333. The minimum Gasteiger partial charge on any atom is -0.496 e. The fourth-order valence-corrected chi connectivity index (χ4v) is 1.93. The SMILES string of the molecule is COc1ccc(F)c2[nH]c(C(=O)NCC(C)(C)C(=O)O)cc12. The summed E-state index contributed by atoms with van der Waals surface area (Å²) in [7, 11) is 1.45. The lowest BCUT2D eigenvalue weighted by atomic mass is 9.94. The van der Waals surface area contributed by atoms with Crippen molar-refractivity contribution in [3.63, 3.8) is 0 Å². The van der Waals surface area contributed by atoms with Gasteiger partial charge in [-0.25, -0.2) is 4.39 Å². The normalized spacial score (nSPS) is 11.5. The topological polar surface area (TPSA) is 91.4 Å². The number of benzene rings is 1. The second-order valence-corrected chi connectivity index (χ2v) is 5.59. The number of amides is 1. The molecule has 0 spiro atoms. The zero-order chi connectivity index (χ0) is 16.5. The lowest BCUT2D eigenvalue weighted by molar-refractivity contribution is -0.146. The van der Waals surface area contributed by atoms with Crippen molar-refractivity contribution < 1.29 is 23.8 Å². The van der Waals surface area contributed by atoms with Crippen LogP contribution in [0.15, 0.2) is 18.2 Å². The molecule has 22 heavy (non-hydrogen) atoms. The van der Waals surface area contributed by atoms with Crippen molar-refractivity contribution in [2.24, 2.45) is 5.41 Å². The maximum absolute atomic E-state index is 13.8. The van der Waals surface area contributed by atoms with E-state index in [0.717, 1.165) is 0 Å². The number of hydrogen-bond donors (Lipinski definition) is 3. The number of carbonyl (C=O) groups is 2. The van der Waals surface area contributed by atoms with Gasteiger partial charge in [-0.05, 0) is 32.0 Å². The van der Waals surface area contributed by atoms with Crippen LogP contribution in [0.4, 0.5) is 4.39 Å². The highest BCUT2D eigenvalue weighted by atomic mass is 19.1. The summed E-state index contributed by atoms with van der Waals surface area (Å²) in [6.45, 7) is 2.96. The van der Waals surface area contributed by atoms with E-state index in [0.29, 0.717) is 11.1 Å². The van der Waals surface area contributed by atoms with E-state index in [1.165, 1.54) is 39.2 Å². The Bertz CT molecular complexity index is 736. The Morgan fingerprint density at radius 2 is 2.09 bits per heavy atom. The van der Waals surface area contributed by atoms with Crippen LogP contribution in [-0.4, -0.2) is 35.6 Å². The van der Waals surface area contributed by atoms with Gasteiger partial charge >= 0.3 is 5.97 Å². The Morgan fingerprint density at radius 1 is 1.41 bits per heavy atom. The molecule has 2 aromatic rings. The van der Waals surface area contributed by atoms with Crippen LogP contribution >= 0.6 is 0 Å². The van der Waals surface area contributed by atoms with E-state index in [9.17, 15) is 14.0 Å². The Balaban J connectivity index is 2.26. The number of carboxylic acids is 1. The van der Waals surface area contributed by atoms with Crippen molar-refractivity contribution >= 4 is 22.8 Å². The average molecular weight is 308 g/mol. The van der Waals surface area contributed by atoms with Crippen molar-refractivity contribution in [2.75, 3.05) is 13.7 Å². The van der Waals surface area contributed by atoms with E-state index < -0.39 is 23.1 Å². The molecule has 0 radical (unpaired) electrons. The van der Waals surface area contributed by atoms with Crippen LogP contribution in [0.25, 0.3) is 10.9 Å². The summed E-state index contributed by atoms with van der Waals surface area (Å²) >= 11 is 0. The molecule has 7 heteroatoms. The largest absolute Gasteiger partial charge is 0.496 e. The molecule has 0 atom stereocenters. The van der Waals surface area contributed by atoms with Gasteiger partial charge in [0.05, 0.1) is 18.0 Å². The van der Waals surface area contributed by atoms with Crippen LogP contribution in [0.5, 0.6) is 5.75 Å². The van der Waals surface area contributed by atoms with Crippen molar-refractivity contribution in [3.8, 4) is 5.75 Å². The second-order valence-electron chi connectivity index (χ2n) is 5.59. The number of aromatic nitrogens is 1. The number of methoxy groups -OCH3 is 1. The number of aromatic amines is 1. The molecule has 0 saturated carbocycles. The molecule has 0 aliphatic rings. The third kappa shape index (κ3) is 2.88. The van der Waals surface area contributed by atoms with Gasteiger partial charge in [0.1, 0.15) is 17.3 Å². The van der Waals surface area contributed by atoms with Crippen molar-refractivity contribution in [2.45, 2.75) is 13.8 Å². The summed E-state index contributed by atoms with van der Waals surface area (Å²) in [5.74, 6) is -1.58. The summed E-state index contributed by atoms with van der Waals surface area (Å²) < 4.78 is 18.9. The fourth-order valence-electron chi connectivity index (χ4n) is 1.93. The lowest BCUT2D eigenvalue weighted by Crippen LogP contribution is -2.39. The second kappa shape index (κ2) is 5.67. The number of aliphatic carboxylic acids is 1. The van der Waals surface area contributed by atoms with Crippen LogP contribution in [0.3, 0.4) is 0 Å². The molecule has 1 amide bonds. The van der Waals surface area contributed by atoms with Crippen molar-refractivity contribution in [3.05, 3.63) is 29.7 Å². The lowest BCUT2D eigenvalue weighted by Gasteiger charge is -2.19. The van der Waals surface area contributed by atoms with Gasteiger partial charge in [0, 0.05) is 11.9 Å². The number of ether oxygens (including phenoxy) is 1. The van der Waals surface area contributed by atoms with E-state index in [1.807, 2.05) is 0 Å². The highest BCUT2D eigenvalue weighted by Crippen LogP contribution is 2.28. The third-order valence-electron chi connectivity index (χ3n) is 3.44. The molecule has 0 aliphatic carbocycles. The zero-order valence-corrected chi connectivity index (χ0v) is 12.5. The van der Waals surface area contributed by atoms with E-state index in [-0.39, 0.29) is 17.8 Å². The van der Waals surface area contributed by atoms with Gasteiger partial charge < -0.3 is 20.1 Å². The molecular formula is C15H17FN2O4. The van der Waals surface area contributed by atoms with Crippen LogP contribution in [0.1, 0.15) is 24.3 Å². The van der Waals surface area contributed by atoms with Crippen LogP contribution in [0.2, 0.25) is 0 Å². The average Bonchev–Trinajstić information content (AvgIpc) is 2.91. The van der Waals surface area contributed by atoms with Gasteiger partial charge in [-0.3, -0.25) is 9.59 Å².